The molecule has 162 valence electrons. The third-order valence-corrected chi connectivity index (χ3v) is 5.86. The largest absolute Gasteiger partial charge is 0.486 e. The smallest absolute Gasteiger partial charge is 0.273 e. The van der Waals surface area contributed by atoms with E-state index in [9.17, 15) is 9.59 Å². The first-order valence-corrected chi connectivity index (χ1v) is 11.1. The van der Waals surface area contributed by atoms with E-state index < -0.39 is 0 Å². The van der Waals surface area contributed by atoms with E-state index in [0.717, 1.165) is 16.8 Å². The predicted molar refractivity (Wildman–Crippen MR) is 123 cm³/mol. The Balaban J connectivity index is 1.33. The number of benzene rings is 2. The minimum atomic E-state index is -0.363. The Labute approximate surface area is 188 Å². The van der Waals surface area contributed by atoms with Crippen molar-refractivity contribution in [3.8, 4) is 22.8 Å². The van der Waals surface area contributed by atoms with Gasteiger partial charge in [-0.05, 0) is 42.8 Å². The highest BCUT2D eigenvalue weighted by Gasteiger charge is 2.26. The molecule has 0 fully saturated rings. The summed E-state index contributed by atoms with van der Waals surface area (Å²) in [5.41, 5.74) is 3.55. The first kappa shape index (κ1) is 20.2. The molecule has 3 heterocycles. The average Bonchev–Trinajstić information content (AvgIpc) is 3.27. The van der Waals surface area contributed by atoms with E-state index in [1.54, 1.807) is 6.07 Å². The van der Waals surface area contributed by atoms with Gasteiger partial charge in [0, 0.05) is 23.8 Å². The zero-order valence-electron chi connectivity index (χ0n) is 17.3. The predicted octanol–water partition coefficient (Wildman–Crippen LogP) is 4.01. The van der Waals surface area contributed by atoms with Gasteiger partial charge in [0.2, 0.25) is 5.91 Å². The molecule has 2 aliphatic rings. The van der Waals surface area contributed by atoms with Crippen LogP contribution in [-0.4, -0.2) is 35.7 Å². The third-order valence-electron chi connectivity index (χ3n) is 5.10. The van der Waals surface area contributed by atoms with E-state index in [2.05, 4.69) is 15.4 Å². The molecular weight excluding hydrogens is 428 g/mol. The second-order valence-corrected chi connectivity index (χ2v) is 8.30. The van der Waals surface area contributed by atoms with Crippen LogP contribution in [0.25, 0.3) is 11.3 Å². The number of aryl methyl sites for hydroxylation is 1. The molecule has 0 saturated heterocycles. The van der Waals surface area contributed by atoms with E-state index in [1.807, 2.05) is 48.7 Å². The van der Waals surface area contributed by atoms with Crippen LogP contribution in [0.5, 0.6) is 11.5 Å². The van der Waals surface area contributed by atoms with Gasteiger partial charge in [-0.1, -0.05) is 12.1 Å². The molecule has 0 saturated carbocycles. The number of anilines is 2. The van der Waals surface area contributed by atoms with Crippen LogP contribution in [0.4, 0.5) is 10.8 Å². The maximum atomic E-state index is 12.8. The van der Waals surface area contributed by atoms with Crippen LogP contribution in [-0.2, 0) is 9.59 Å². The molecule has 2 aromatic carbocycles. The molecule has 0 aliphatic carbocycles. The normalized spacial score (nSPS) is 15.3. The fourth-order valence-corrected chi connectivity index (χ4v) is 4.23. The summed E-state index contributed by atoms with van der Waals surface area (Å²) in [6, 6.07) is 13.1. The second kappa shape index (κ2) is 8.43. The highest BCUT2D eigenvalue weighted by Crippen LogP contribution is 2.35. The van der Waals surface area contributed by atoms with Gasteiger partial charge in [0.1, 0.15) is 18.9 Å². The summed E-state index contributed by atoms with van der Waals surface area (Å²) >= 11 is 1.32. The Morgan fingerprint density at radius 3 is 2.78 bits per heavy atom. The fraction of sp³-hybridized carbons (Fsp3) is 0.217. The van der Waals surface area contributed by atoms with Crippen LogP contribution < -0.4 is 19.8 Å². The quantitative estimate of drug-likeness (QED) is 0.651. The van der Waals surface area contributed by atoms with Crippen molar-refractivity contribution in [1.82, 2.24) is 4.98 Å². The van der Waals surface area contributed by atoms with Crippen molar-refractivity contribution < 1.29 is 19.1 Å². The molecule has 32 heavy (non-hydrogen) atoms. The molecule has 5 rings (SSSR count). The van der Waals surface area contributed by atoms with Crippen molar-refractivity contribution >= 4 is 39.7 Å². The molecule has 9 heteroatoms. The molecular formula is C23H20N4O4S. The van der Waals surface area contributed by atoms with Crippen LogP contribution in [0.15, 0.2) is 52.9 Å². The number of hydrogen-bond donors (Lipinski definition) is 1. The number of rotatable bonds is 4. The van der Waals surface area contributed by atoms with Crippen molar-refractivity contribution in [3.05, 3.63) is 53.4 Å². The number of amides is 2. The Bertz CT molecular complexity index is 1240. The minimum absolute atomic E-state index is 0.137. The lowest BCUT2D eigenvalue weighted by atomic mass is 10.1. The standard InChI is InChI=1S/C23H20N4O4S/c1-14-3-2-4-16(11-14)27-21(28)8-6-17(26-27)22(29)25-23-24-18(13-32-23)15-5-7-19-20(12-15)31-10-9-30-19/h2-5,7,11-13H,6,8-10H2,1H3,(H,24,25,29). The van der Waals surface area contributed by atoms with Crippen LogP contribution >= 0.6 is 11.3 Å². The Kier molecular flexibility index (Phi) is 5.32. The van der Waals surface area contributed by atoms with Crippen molar-refractivity contribution in [2.75, 3.05) is 23.5 Å². The Morgan fingerprint density at radius 2 is 1.94 bits per heavy atom. The molecule has 0 atom stereocenters. The van der Waals surface area contributed by atoms with Crippen LogP contribution in [0.2, 0.25) is 0 Å². The van der Waals surface area contributed by atoms with Gasteiger partial charge < -0.3 is 9.47 Å². The molecule has 2 amide bonds. The summed E-state index contributed by atoms with van der Waals surface area (Å²) in [4.78, 5) is 29.7. The van der Waals surface area contributed by atoms with E-state index in [4.69, 9.17) is 9.47 Å². The van der Waals surface area contributed by atoms with Gasteiger partial charge >= 0.3 is 0 Å². The first-order valence-electron chi connectivity index (χ1n) is 10.2. The monoisotopic (exact) mass is 448 g/mol. The average molecular weight is 449 g/mol. The summed E-state index contributed by atoms with van der Waals surface area (Å²) < 4.78 is 11.2. The molecule has 0 spiro atoms. The lowest BCUT2D eigenvalue weighted by Crippen LogP contribution is -2.36. The van der Waals surface area contributed by atoms with Gasteiger partial charge in [0.15, 0.2) is 16.6 Å². The van der Waals surface area contributed by atoms with Gasteiger partial charge in [-0.25, -0.2) is 9.99 Å². The summed E-state index contributed by atoms with van der Waals surface area (Å²) in [7, 11) is 0. The second-order valence-electron chi connectivity index (χ2n) is 7.44. The lowest BCUT2D eigenvalue weighted by Gasteiger charge is -2.23. The van der Waals surface area contributed by atoms with E-state index in [0.29, 0.717) is 41.2 Å². The van der Waals surface area contributed by atoms with Gasteiger partial charge in [0.25, 0.3) is 5.91 Å². The highest BCUT2D eigenvalue weighted by molar-refractivity contribution is 7.14. The van der Waals surface area contributed by atoms with Crippen molar-refractivity contribution in [2.45, 2.75) is 19.8 Å². The zero-order chi connectivity index (χ0) is 22.1. The summed E-state index contributed by atoms with van der Waals surface area (Å²) in [5.74, 6) is 0.900. The number of ether oxygens (including phenoxy) is 2. The van der Waals surface area contributed by atoms with E-state index in [-0.39, 0.29) is 24.7 Å². The topological polar surface area (TPSA) is 93.1 Å². The van der Waals surface area contributed by atoms with Crippen molar-refractivity contribution in [3.63, 3.8) is 0 Å². The third kappa shape index (κ3) is 4.06. The molecule has 2 aliphatic heterocycles. The maximum Gasteiger partial charge on any atom is 0.273 e. The Morgan fingerprint density at radius 1 is 1.09 bits per heavy atom. The van der Waals surface area contributed by atoms with Crippen LogP contribution in [0.3, 0.4) is 0 Å². The first-order chi connectivity index (χ1) is 15.6. The number of hydrazone groups is 1. The van der Waals surface area contributed by atoms with E-state index >= 15 is 0 Å². The molecule has 0 unspecified atom stereocenters. The molecule has 0 radical (unpaired) electrons. The minimum Gasteiger partial charge on any atom is -0.486 e. The summed E-state index contributed by atoms with van der Waals surface area (Å²) in [5, 5.41) is 10.8. The number of fused-ring (bicyclic) bond motifs is 1. The molecule has 1 N–H and O–H groups in total. The number of nitrogens with one attached hydrogen (secondary N) is 1. The van der Waals surface area contributed by atoms with E-state index in [1.165, 1.54) is 16.3 Å². The molecule has 0 bridgehead atoms. The number of carbonyl (C=O) groups excluding carboxylic acids is 2. The van der Waals surface area contributed by atoms with Crippen molar-refractivity contribution in [1.29, 1.82) is 0 Å². The van der Waals surface area contributed by atoms with Gasteiger partial charge in [-0.2, -0.15) is 5.10 Å². The zero-order valence-corrected chi connectivity index (χ0v) is 18.1. The van der Waals surface area contributed by atoms with Crippen LogP contribution in [0, 0.1) is 6.92 Å². The lowest BCUT2D eigenvalue weighted by molar-refractivity contribution is -0.118. The molecule has 3 aromatic rings. The van der Waals surface area contributed by atoms with Gasteiger partial charge in [0.05, 0.1) is 11.4 Å². The fourth-order valence-electron chi connectivity index (χ4n) is 3.51. The number of nitrogens with zero attached hydrogens (tertiary/aromatic N) is 3. The summed E-state index contributed by atoms with van der Waals surface area (Å²) in [6.07, 6.45) is 0.508. The Hall–Kier alpha value is -3.72. The number of hydrogen-bond acceptors (Lipinski definition) is 7. The van der Waals surface area contributed by atoms with Crippen molar-refractivity contribution in [2.24, 2.45) is 5.10 Å². The maximum absolute atomic E-state index is 12.8. The molecule has 8 nitrogen and oxygen atoms in total. The number of aromatic nitrogens is 1. The van der Waals surface area contributed by atoms with Gasteiger partial charge in [-0.3, -0.25) is 14.9 Å². The van der Waals surface area contributed by atoms with Gasteiger partial charge in [-0.15, -0.1) is 11.3 Å². The van der Waals surface area contributed by atoms with Crippen LogP contribution in [0.1, 0.15) is 18.4 Å². The number of carbonyl (C=O) groups is 2. The number of thiazole rings is 1. The SMILES string of the molecule is Cc1cccc(N2N=C(C(=O)Nc3nc(-c4ccc5c(c4)OCCO5)cs3)CCC2=O)c1. The summed E-state index contributed by atoms with van der Waals surface area (Å²) in [6.45, 7) is 2.99. The molecule has 1 aromatic heterocycles. The highest BCUT2D eigenvalue weighted by atomic mass is 32.1.